The average molecular weight is 303 g/mol. The molecule has 1 aromatic rings. The molecule has 0 radical (unpaired) electrons. The van der Waals surface area contributed by atoms with E-state index < -0.39 is 16.9 Å². The Balaban J connectivity index is 2.86. The molecule has 0 aliphatic heterocycles. The number of benzene rings is 1. The van der Waals surface area contributed by atoms with E-state index in [0.29, 0.717) is 10.0 Å². The highest BCUT2D eigenvalue weighted by Gasteiger charge is 2.17. The fourth-order valence-corrected chi connectivity index (χ4v) is 1.82. The molecule has 1 unspecified atom stereocenters. The Morgan fingerprint density at radius 2 is 2.29 bits per heavy atom. The molecule has 7 heteroatoms. The van der Waals surface area contributed by atoms with Crippen LogP contribution in [0.4, 0.5) is 5.69 Å². The molecule has 0 heterocycles. The van der Waals surface area contributed by atoms with Gasteiger partial charge in [-0.1, -0.05) is 22.0 Å². The van der Waals surface area contributed by atoms with Crippen molar-refractivity contribution >= 4 is 27.6 Å². The first-order valence-electron chi connectivity index (χ1n) is 4.72. The van der Waals surface area contributed by atoms with E-state index in [2.05, 4.69) is 20.7 Å². The number of carbonyl (C=O) groups excluding carboxylic acids is 1. The molecule has 1 rings (SSSR count). The second-order valence-corrected chi connectivity index (χ2v) is 4.22. The van der Waals surface area contributed by atoms with E-state index in [9.17, 15) is 14.9 Å². The zero-order valence-corrected chi connectivity index (χ0v) is 10.6. The molecule has 1 aromatic carbocycles. The van der Waals surface area contributed by atoms with Gasteiger partial charge < -0.3 is 10.5 Å². The molecule has 17 heavy (non-hydrogen) atoms. The van der Waals surface area contributed by atoms with Crippen LogP contribution in [0.5, 0.6) is 0 Å². The van der Waals surface area contributed by atoms with E-state index in [0.717, 1.165) is 0 Å². The van der Waals surface area contributed by atoms with E-state index in [1.807, 2.05) is 0 Å². The monoisotopic (exact) mass is 302 g/mol. The van der Waals surface area contributed by atoms with Crippen molar-refractivity contribution < 1.29 is 14.5 Å². The Hall–Kier alpha value is -1.47. The van der Waals surface area contributed by atoms with E-state index in [1.54, 1.807) is 6.07 Å². The molecule has 0 saturated carbocycles. The molecule has 6 nitrogen and oxygen atoms in total. The van der Waals surface area contributed by atoms with Crippen LogP contribution in [0.3, 0.4) is 0 Å². The van der Waals surface area contributed by atoms with Crippen LogP contribution in [-0.4, -0.2) is 24.0 Å². The van der Waals surface area contributed by atoms with E-state index in [1.165, 1.54) is 19.2 Å². The summed E-state index contributed by atoms with van der Waals surface area (Å²) in [6.07, 6.45) is 0.255. The largest absolute Gasteiger partial charge is 0.468 e. The van der Waals surface area contributed by atoms with Gasteiger partial charge in [0, 0.05) is 16.6 Å². The summed E-state index contributed by atoms with van der Waals surface area (Å²) in [6.45, 7) is 0. The quantitative estimate of drug-likeness (QED) is 0.515. The average Bonchev–Trinajstić information content (AvgIpc) is 2.30. The molecule has 0 fully saturated rings. The van der Waals surface area contributed by atoms with Gasteiger partial charge in [-0.25, -0.2) is 0 Å². The summed E-state index contributed by atoms with van der Waals surface area (Å²) in [5.74, 6) is -0.518. The minimum atomic E-state index is -0.780. The lowest BCUT2D eigenvalue weighted by Crippen LogP contribution is -2.33. The highest BCUT2D eigenvalue weighted by molar-refractivity contribution is 9.10. The number of non-ortho nitro benzene ring substituents is 1. The number of methoxy groups -OCH3 is 1. The number of hydrogen-bond acceptors (Lipinski definition) is 5. The van der Waals surface area contributed by atoms with Crippen molar-refractivity contribution in [2.45, 2.75) is 12.5 Å². The second-order valence-electron chi connectivity index (χ2n) is 3.37. The molecule has 0 aliphatic rings. The maximum atomic E-state index is 11.1. The molecule has 0 aromatic heterocycles. The Bertz CT molecular complexity index is 450. The van der Waals surface area contributed by atoms with Crippen molar-refractivity contribution in [2.75, 3.05) is 7.11 Å². The van der Waals surface area contributed by atoms with Crippen LogP contribution in [0.1, 0.15) is 5.56 Å². The molecule has 0 saturated heterocycles. The van der Waals surface area contributed by atoms with Gasteiger partial charge in [-0.2, -0.15) is 0 Å². The van der Waals surface area contributed by atoms with Gasteiger partial charge in [-0.3, -0.25) is 14.9 Å². The topological polar surface area (TPSA) is 95.5 Å². The molecule has 1 atom stereocenters. The number of esters is 1. The second kappa shape index (κ2) is 5.74. The minimum Gasteiger partial charge on any atom is -0.468 e. The zero-order chi connectivity index (χ0) is 13.0. The number of nitro benzene ring substituents is 1. The van der Waals surface area contributed by atoms with Gasteiger partial charge in [0.1, 0.15) is 6.04 Å². The smallest absolute Gasteiger partial charge is 0.322 e. The number of nitrogens with zero attached hydrogens (tertiary/aromatic N) is 1. The molecular weight excluding hydrogens is 292 g/mol. The van der Waals surface area contributed by atoms with Gasteiger partial charge in [0.05, 0.1) is 12.0 Å². The SMILES string of the molecule is COC(=O)C(N)Cc1ccc([N+](=O)[O-])cc1Br. The van der Waals surface area contributed by atoms with Crippen molar-refractivity contribution in [3.63, 3.8) is 0 Å². The molecule has 0 aliphatic carbocycles. The summed E-state index contributed by atoms with van der Waals surface area (Å²) in [5, 5.41) is 10.5. The van der Waals surface area contributed by atoms with E-state index in [4.69, 9.17) is 5.73 Å². The Kier molecular flexibility index (Phi) is 4.59. The van der Waals surface area contributed by atoms with Gasteiger partial charge in [0.2, 0.25) is 0 Å². The molecule has 2 N–H and O–H groups in total. The third kappa shape index (κ3) is 3.50. The normalized spacial score (nSPS) is 11.9. The van der Waals surface area contributed by atoms with Crippen molar-refractivity contribution in [2.24, 2.45) is 5.73 Å². The summed E-state index contributed by atoms with van der Waals surface area (Å²) in [7, 11) is 1.26. The number of halogens is 1. The lowest BCUT2D eigenvalue weighted by atomic mass is 10.1. The number of nitrogens with two attached hydrogens (primary N) is 1. The van der Waals surface area contributed by atoms with Crippen LogP contribution in [0, 0.1) is 10.1 Å². The maximum Gasteiger partial charge on any atom is 0.322 e. The predicted octanol–water partition coefficient (Wildman–Crippen LogP) is 1.40. The van der Waals surface area contributed by atoms with Gasteiger partial charge in [-0.05, 0) is 12.0 Å². The fraction of sp³-hybridized carbons (Fsp3) is 0.300. The van der Waals surface area contributed by atoms with Gasteiger partial charge in [0.25, 0.3) is 5.69 Å². The number of rotatable bonds is 4. The highest BCUT2D eigenvalue weighted by Crippen LogP contribution is 2.23. The van der Waals surface area contributed by atoms with Crippen LogP contribution in [0.25, 0.3) is 0 Å². The van der Waals surface area contributed by atoms with E-state index in [-0.39, 0.29) is 12.1 Å². The van der Waals surface area contributed by atoms with Crippen molar-refractivity contribution in [3.05, 3.63) is 38.3 Å². The molecule has 0 spiro atoms. The highest BCUT2D eigenvalue weighted by atomic mass is 79.9. The minimum absolute atomic E-state index is 0.0211. The Morgan fingerprint density at radius 1 is 1.65 bits per heavy atom. The number of carbonyl (C=O) groups is 1. The van der Waals surface area contributed by atoms with Crippen LogP contribution >= 0.6 is 15.9 Å². The summed E-state index contributed by atoms with van der Waals surface area (Å²) in [4.78, 5) is 21.2. The molecule has 0 amide bonds. The van der Waals surface area contributed by atoms with Crippen LogP contribution in [-0.2, 0) is 16.0 Å². The molecule has 92 valence electrons. The van der Waals surface area contributed by atoms with Crippen LogP contribution < -0.4 is 5.73 Å². The lowest BCUT2D eigenvalue weighted by molar-refractivity contribution is -0.384. The van der Waals surface area contributed by atoms with Crippen molar-refractivity contribution in [3.8, 4) is 0 Å². The predicted molar refractivity (Wildman–Crippen MR) is 64.5 cm³/mol. The zero-order valence-electron chi connectivity index (χ0n) is 9.05. The third-order valence-corrected chi connectivity index (χ3v) is 2.93. The summed E-state index contributed by atoms with van der Waals surface area (Å²) in [6, 6.07) is 3.52. The number of hydrogen-bond donors (Lipinski definition) is 1. The first kappa shape index (κ1) is 13.6. The van der Waals surface area contributed by atoms with Crippen LogP contribution in [0.15, 0.2) is 22.7 Å². The fourth-order valence-electron chi connectivity index (χ4n) is 1.29. The van der Waals surface area contributed by atoms with E-state index >= 15 is 0 Å². The third-order valence-electron chi connectivity index (χ3n) is 2.19. The molecular formula is C10H11BrN2O4. The lowest BCUT2D eigenvalue weighted by Gasteiger charge is -2.10. The summed E-state index contributed by atoms with van der Waals surface area (Å²) < 4.78 is 5.05. The van der Waals surface area contributed by atoms with Crippen LogP contribution in [0.2, 0.25) is 0 Å². The summed E-state index contributed by atoms with van der Waals surface area (Å²) in [5.41, 5.74) is 6.29. The van der Waals surface area contributed by atoms with Crippen molar-refractivity contribution in [1.82, 2.24) is 0 Å². The summed E-state index contributed by atoms with van der Waals surface area (Å²) >= 11 is 3.20. The maximum absolute atomic E-state index is 11.1. The first-order chi connectivity index (χ1) is 7.95. The number of ether oxygens (including phenoxy) is 1. The molecule has 0 bridgehead atoms. The van der Waals surface area contributed by atoms with Gasteiger partial charge in [-0.15, -0.1) is 0 Å². The van der Waals surface area contributed by atoms with Gasteiger partial charge >= 0.3 is 5.97 Å². The number of nitro groups is 1. The van der Waals surface area contributed by atoms with Gasteiger partial charge in [0.15, 0.2) is 0 Å². The standard InChI is InChI=1S/C10H11BrN2O4/c1-17-10(14)9(12)4-6-2-3-7(13(15)16)5-8(6)11/h2-3,5,9H,4,12H2,1H3. The van der Waals surface area contributed by atoms with Crippen molar-refractivity contribution in [1.29, 1.82) is 0 Å². The Morgan fingerprint density at radius 3 is 2.76 bits per heavy atom. The first-order valence-corrected chi connectivity index (χ1v) is 5.51. The Labute approximate surface area is 106 Å².